The molecule has 0 unspecified atom stereocenters. The molecule has 0 bridgehead atoms. The van der Waals surface area contributed by atoms with Crippen molar-refractivity contribution in [1.82, 2.24) is 0 Å². The Hall–Kier alpha value is -1.93. The van der Waals surface area contributed by atoms with Gasteiger partial charge in [0.15, 0.2) is 0 Å². The molecule has 0 aliphatic heterocycles. The SMILES string of the molecule is CC(C)OCC(=O)Nc1ccc(C#N)cc1F. The van der Waals surface area contributed by atoms with Crippen LogP contribution in [0.2, 0.25) is 0 Å². The van der Waals surface area contributed by atoms with Gasteiger partial charge in [0.1, 0.15) is 12.4 Å². The van der Waals surface area contributed by atoms with E-state index < -0.39 is 11.7 Å². The van der Waals surface area contributed by atoms with E-state index >= 15 is 0 Å². The number of hydrogen-bond acceptors (Lipinski definition) is 3. The minimum Gasteiger partial charge on any atom is -0.369 e. The Bertz CT molecular complexity index is 452. The number of carbonyl (C=O) groups is 1. The van der Waals surface area contributed by atoms with Crippen molar-refractivity contribution in [3.63, 3.8) is 0 Å². The van der Waals surface area contributed by atoms with Crippen LogP contribution in [0, 0.1) is 17.1 Å². The van der Waals surface area contributed by atoms with Crippen LogP contribution in [0.1, 0.15) is 19.4 Å². The summed E-state index contributed by atoms with van der Waals surface area (Å²) < 4.78 is 18.5. The molecule has 0 aromatic heterocycles. The van der Waals surface area contributed by atoms with Gasteiger partial charge in [-0.2, -0.15) is 5.26 Å². The molecule has 1 N–H and O–H groups in total. The van der Waals surface area contributed by atoms with Gasteiger partial charge in [-0.3, -0.25) is 4.79 Å². The Kier molecular flexibility index (Phi) is 4.61. The first-order chi connectivity index (χ1) is 8.02. The maximum Gasteiger partial charge on any atom is 0.250 e. The molecule has 0 fully saturated rings. The van der Waals surface area contributed by atoms with Gasteiger partial charge in [0.25, 0.3) is 0 Å². The molecule has 1 aromatic rings. The number of nitriles is 1. The lowest BCUT2D eigenvalue weighted by Gasteiger charge is -2.09. The highest BCUT2D eigenvalue weighted by atomic mass is 19.1. The summed E-state index contributed by atoms with van der Waals surface area (Å²) in [6, 6.07) is 5.66. The third-order valence-corrected chi connectivity index (χ3v) is 1.92. The minimum absolute atomic E-state index is 0.0429. The number of amides is 1. The molecule has 1 amide bonds. The van der Waals surface area contributed by atoms with Crippen LogP contribution in [-0.4, -0.2) is 18.6 Å². The minimum atomic E-state index is -0.637. The van der Waals surface area contributed by atoms with Gasteiger partial charge >= 0.3 is 0 Å². The first kappa shape index (κ1) is 13.1. The predicted molar refractivity (Wildman–Crippen MR) is 60.8 cm³/mol. The fourth-order valence-electron chi connectivity index (χ4n) is 1.11. The molecule has 0 heterocycles. The second-order valence-electron chi connectivity index (χ2n) is 3.71. The Balaban J connectivity index is 2.63. The van der Waals surface area contributed by atoms with Crippen LogP contribution in [0.15, 0.2) is 18.2 Å². The second-order valence-corrected chi connectivity index (χ2v) is 3.71. The quantitative estimate of drug-likeness (QED) is 0.870. The van der Waals surface area contributed by atoms with Crippen LogP contribution >= 0.6 is 0 Å². The summed E-state index contributed by atoms with van der Waals surface area (Å²) in [5, 5.41) is 10.9. The first-order valence-electron chi connectivity index (χ1n) is 5.14. The fourth-order valence-corrected chi connectivity index (χ4v) is 1.11. The van der Waals surface area contributed by atoms with Crippen molar-refractivity contribution in [2.45, 2.75) is 20.0 Å². The van der Waals surface area contributed by atoms with E-state index in [1.54, 1.807) is 13.8 Å². The van der Waals surface area contributed by atoms with Gasteiger partial charge in [-0.05, 0) is 32.0 Å². The van der Waals surface area contributed by atoms with Crippen molar-refractivity contribution < 1.29 is 13.9 Å². The molecule has 1 rings (SSSR count). The highest BCUT2D eigenvalue weighted by molar-refractivity contribution is 5.91. The lowest BCUT2D eigenvalue weighted by atomic mass is 10.2. The van der Waals surface area contributed by atoms with E-state index in [1.165, 1.54) is 12.1 Å². The normalized spacial score (nSPS) is 10.1. The maximum atomic E-state index is 13.4. The smallest absolute Gasteiger partial charge is 0.250 e. The van der Waals surface area contributed by atoms with Crippen molar-refractivity contribution >= 4 is 11.6 Å². The molecule has 1 aromatic carbocycles. The topological polar surface area (TPSA) is 62.1 Å². The zero-order chi connectivity index (χ0) is 12.8. The van der Waals surface area contributed by atoms with Gasteiger partial charge in [0.2, 0.25) is 5.91 Å². The standard InChI is InChI=1S/C12H13FN2O2/c1-8(2)17-7-12(16)15-11-4-3-9(6-14)5-10(11)13/h3-5,8H,7H2,1-2H3,(H,15,16). The van der Waals surface area contributed by atoms with Gasteiger partial charge in [0, 0.05) is 0 Å². The number of carbonyl (C=O) groups excluding carboxylic acids is 1. The van der Waals surface area contributed by atoms with Gasteiger partial charge in [0.05, 0.1) is 23.4 Å². The summed E-state index contributed by atoms with van der Waals surface area (Å²) in [6.45, 7) is 3.47. The summed E-state index contributed by atoms with van der Waals surface area (Å²) in [5.41, 5.74) is 0.250. The lowest BCUT2D eigenvalue weighted by Crippen LogP contribution is -2.21. The van der Waals surface area contributed by atoms with E-state index in [0.717, 1.165) is 6.07 Å². The van der Waals surface area contributed by atoms with E-state index in [-0.39, 0.29) is 24.0 Å². The summed E-state index contributed by atoms with van der Waals surface area (Å²) in [5.74, 6) is -1.07. The van der Waals surface area contributed by atoms with E-state index in [0.29, 0.717) is 0 Å². The second kappa shape index (κ2) is 5.97. The van der Waals surface area contributed by atoms with E-state index in [2.05, 4.69) is 5.32 Å². The largest absolute Gasteiger partial charge is 0.369 e. The van der Waals surface area contributed by atoms with Crippen LogP contribution < -0.4 is 5.32 Å². The van der Waals surface area contributed by atoms with E-state index in [1.807, 2.05) is 6.07 Å². The van der Waals surface area contributed by atoms with Crippen molar-refractivity contribution in [3.05, 3.63) is 29.6 Å². The fraction of sp³-hybridized carbons (Fsp3) is 0.333. The van der Waals surface area contributed by atoms with Gasteiger partial charge < -0.3 is 10.1 Å². The molecule has 0 spiro atoms. The number of ether oxygens (including phenoxy) is 1. The number of nitrogens with one attached hydrogen (secondary N) is 1. The molecule has 0 aliphatic carbocycles. The Morgan fingerprint density at radius 1 is 1.59 bits per heavy atom. The number of halogens is 1. The zero-order valence-corrected chi connectivity index (χ0v) is 9.66. The summed E-state index contributed by atoms with van der Waals surface area (Å²) in [7, 11) is 0. The molecular formula is C12H13FN2O2. The molecule has 0 atom stereocenters. The average molecular weight is 236 g/mol. The molecular weight excluding hydrogens is 223 g/mol. The summed E-state index contributed by atoms with van der Waals surface area (Å²) in [6.07, 6.45) is -0.0634. The molecule has 4 nitrogen and oxygen atoms in total. The van der Waals surface area contributed by atoms with Crippen molar-refractivity contribution in [3.8, 4) is 6.07 Å². The zero-order valence-electron chi connectivity index (χ0n) is 9.66. The van der Waals surface area contributed by atoms with Crippen LogP contribution in [0.4, 0.5) is 10.1 Å². The molecule has 0 aliphatic rings. The van der Waals surface area contributed by atoms with Crippen LogP contribution in [0.3, 0.4) is 0 Å². The summed E-state index contributed by atoms with van der Waals surface area (Å²) >= 11 is 0. The molecule has 5 heteroatoms. The number of benzene rings is 1. The number of hydrogen-bond donors (Lipinski definition) is 1. The van der Waals surface area contributed by atoms with Gasteiger partial charge in [-0.1, -0.05) is 0 Å². The van der Waals surface area contributed by atoms with Crippen molar-refractivity contribution in [1.29, 1.82) is 5.26 Å². The first-order valence-corrected chi connectivity index (χ1v) is 5.14. The van der Waals surface area contributed by atoms with Crippen LogP contribution in [0.25, 0.3) is 0 Å². The molecule has 17 heavy (non-hydrogen) atoms. The van der Waals surface area contributed by atoms with Crippen LogP contribution in [-0.2, 0) is 9.53 Å². The monoisotopic (exact) mass is 236 g/mol. The number of anilines is 1. The third kappa shape index (κ3) is 4.21. The molecule has 0 saturated heterocycles. The Morgan fingerprint density at radius 3 is 2.82 bits per heavy atom. The predicted octanol–water partition coefficient (Wildman–Crippen LogP) is 2.06. The maximum absolute atomic E-state index is 13.4. The van der Waals surface area contributed by atoms with Crippen molar-refractivity contribution in [2.75, 3.05) is 11.9 Å². The van der Waals surface area contributed by atoms with Crippen molar-refractivity contribution in [2.24, 2.45) is 0 Å². The van der Waals surface area contributed by atoms with Crippen LogP contribution in [0.5, 0.6) is 0 Å². The average Bonchev–Trinajstić information content (AvgIpc) is 2.29. The van der Waals surface area contributed by atoms with E-state index in [4.69, 9.17) is 10.00 Å². The third-order valence-electron chi connectivity index (χ3n) is 1.92. The Morgan fingerprint density at radius 2 is 2.29 bits per heavy atom. The Labute approximate surface area is 99.0 Å². The molecule has 90 valence electrons. The van der Waals surface area contributed by atoms with E-state index in [9.17, 15) is 9.18 Å². The number of rotatable bonds is 4. The highest BCUT2D eigenvalue weighted by Crippen LogP contribution is 2.15. The summed E-state index contributed by atoms with van der Waals surface area (Å²) in [4.78, 5) is 11.4. The van der Waals surface area contributed by atoms with Gasteiger partial charge in [-0.15, -0.1) is 0 Å². The lowest BCUT2D eigenvalue weighted by molar-refractivity contribution is -0.121. The number of nitrogens with zero attached hydrogens (tertiary/aromatic N) is 1. The van der Waals surface area contributed by atoms with Gasteiger partial charge in [-0.25, -0.2) is 4.39 Å². The molecule has 0 saturated carbocycles. The highest BCUT2D eigenvalue weighted by Gasteiger charge is 2.08. The molecule has 0 radical (unpaired) electrons.